The minimum atomic E-state index is -0.757. The third-order valence-electron chi connectivity index (χ3n) is 4.48. The summed E-state index contributed by atoms with van der Waals surface area (Å²) in [5.74, 6) is -2.13. The standard InChI is InChI=1S/C21H21F2N3O2/c1-2-3-4-7-12-26-21(28)16-9-6-5-8-15(16)19(25-26)20(27)24-18-13-14(22)10-11-17(18)23/h5-6,8-11,13H,2-4,7,12H2,1H3,(H,24,27). The molecule has 0 radical (unpaired) electrons. The summed E-state index contributed by atoms with van der Waals surface area (Å²) in [5.41, 5.74) is -0.563. The molecule has 2 aromatic carbocycles. The Bertz CT molecular complexity index is 1060. The molecule has 0 aliphatic heterocycles. The lowest BCUT2D eigenvalue weighted by molar-refractivity contribution is 0.102. The minimum Gasteiger partial charge on any atom is -0.318 e. The molecular formula is C21H21F2N3O2. The predicted molar refractivity (Wildman–Crippen MR) is 104 cm³/mol. The highest BCUT2D eigenvalue weighted by atomic mass is 19.1. The maximum Gasteiger partial charge on any atom is 0.276 e. The van der Waals surface area contributed by atoms with Crippen molar-refractivity contribution in [3.8, 4) is 0 Å². The molecule has 1 aromatic heterocycles. The minimum absolute atomic E-state index is 0.00523. The zero-order valence-electron chi connectivity index (χ0n) is 15.5. The predicted octanol–water partition coefficient (Wildman–Crippen LogP) is 4.51. The average molecular weight is 385 g/mol. The summed E-state index contributed by atoms with van der Waals surface area (Å²) >= 11 is 0. The number of aromatic nitrogens is 2. The lowest BCUT2D eigenvalue weighted by Crippen LogP contribution is -2.28. The average Bonchev–Trinajstić information content (AvgIpc) is 2.69. The quantitative estimate of drug-likeness (QED) is 0.609. The highest BCUT2D eigenvalue weighted by molar-refractivity contribution is 6.11. The summed E-state index contributed by atoms with van der Waals surface area (Å²) in [6, 6.07) is 9.44. The molecule has 28 heavy (non-hydrogen) atoms. The van der Waals surface area contributed by atoms with Gasteiger partial charge in [-0.2, -0.15) is 5.10 Å². The van der Waals surface area contributed by atoms with Crippen LogP contribution in [0.2, 0.25) is 0 Å². The normalized spacial score (nSPS) is 11.0. The van der Waals surface area contributed by atoms with Crippen molar-refractivity contribution in [2.75, 3.05) is 5.32 Å². The van der Waals surface area contributed by atoms with Crippen molar-refractivity contribution in [2.24, 2.45) is 0 Å². The molecule has 5 nitrogen and oxygen atoms in total. The lowest BCUT2D eigenvalue weighted by Gasteiger charge is -2.12. The number of hydrogen-bond acceptors (Lipinski definition) is 3. The summed E-state index contributed by atoms with van der Waals surface area (Å²) in [6.45, 7) is 2.48. The first-order chi connectivity index (χ1) is 13.5. The molecule has 0 aliphatic rings. The maximum atomic E-state index is 13.9. The van der Waals surface area contributed by atoms with Gasteiger partial charge in [-0.05, 0) is 24.6 Å². The van der Waals surface area contributed by atoms with Crippen LogP contribution in [0.3, 0.4) is 0 Å². The molecule has 0 atom stereocenters. The number of fused-ring (bicyclic) bond motifs is 1. The van der Waals surface area contributed by atoms with E-state index in [2.05, 4.69) is 17.3 Å². The number of unbranched alkanes of at least 4 members (excludes halogenated alkanes) is 3. The Labute approximate surface area is 161 Å². The van der Waals surface area contributed by atoms with Crippen molar-refractivity contribution in [2.45, 2.75) is 39.2 Å². The maximum absolute atomic E-state index is 13.9. The molecule has 0 saturated carbocycles. The summed E-state index contributed by atoms with van der Waals surface area (Å²) in [5, 5.41) is 7.30. The summed E-state index contributed by atoms with van der Waals surface area (Å²) < 4.78 is 28.6. The van der Waals surface area contributed by atoms with Crippen molar-refractivity contribution in [1.82, 2.24) is 9.78 Å². The van der Waals surface area contributed by atoms with Crippen molar-refractivity contribution in [3.63, 3.8) is 0 Å². The number of rotatable bonds is 7. The molecule has 3 aromatic rings. The Morgan fingerprint density at radius 3 is 2.57 bits per heavy atom. The highest BCUT2D eigenvalue weighted by Gasteiger charge is 2.18. The number of carbonyl (C=O) groups is 1. The Hall–Kier alpha value is -3.09. The molecule has 0 saturated heterocycles. The topological polar surface area (TPSA) is 64.0 Å². The molecule has 146 valence electrons. The van der Waals surface area contributed by atoms with Crippen molar-refractivity contribution in [3.05, 3.63) is 70.1 Å². The Kier molecular flexibility index (Phi) is 6.13. The number of aryl methyl sites for hydroxylation is 1. The molecule has 0 fully saturated rings. The van der Waals surface area contributed by atoms with E-state index in [0.29, 0.717) is 17.3 Å². The van der Waals surface area contributed by atoms with E-state index in [1.807, 2.05) is 0 Å². The largest absolute Gasteiger partial charge is 0.318 e. The van der Waals surface area contributed by atoms with Crippen LogP contribution in [0.1, 0.15) is 43.1 Å². The van der Waals surface area contributed by atoms with Gasteiger partial charge < -0.3 is 5.32 Å². The molecule has 1 amide bonds. The molecule has 1 heterocycles. The van der Waals surface area contributed by atoms with Crippen LogP contribution in [0, 0.1) is 11.6 Å². The number of nitrogens with one attached hydrogen (secondary N) is 1. The molecule has 3 rings (SSSR count). The summed E-state index contributed by atoms with van der Waals surface area (Å²) in [6.07, 6.45) is 3.83. The van der Waals surface area contributed by atoms with E-state index in [9.17, 15) is 18.4 Å². The van der Waals surface area contributed by atoms with E-state index in [4.69, 9.17) is 0 Å². The Morgan fingerprint density at radius 2 is 1.82 bits per heavy atom. The number of nitrogens with zero attached hydrogens (tertiary/aromatic N) is 2. The van der Waals surface area contributed by atoms with Crippen LogP contribution in [0.5, 0.6) is 0 Å². The first kappa shape index (κ1) is 19.7. The van der Waals surface area contributed by atoms with Gasteiger partial charge in [-0.15, -0.1) is 0 Å². The van der Waals surface area contributed by atoms with E-state index in [0.717, 1.165) is 43.9 Å². The van der Waals surface area contributed by atoms with Gasteiger partial charge in [0.15, 0.2) is 5.69 Å². The van der Waals surface area contributed by atoms with Crippen LogP contribution in [0.4, 0.5) is 14.5 Å². The van der Waals surface area contributed by atoms with Gasteiger partial charge in [-0.1, -0.05) is 44.4 Å². The molecule has 7 heteroatoms. The fourth-order valence-corrected chi connectivity index (χ4v) is 3.02. The van der Waals surface area contributed by atoms with Crippen molar-refractivity contribution in [1.29, 1.82) is 0 Å². The van der Waals surface area contributed by atoms with Crippen LogP contribution in [0.15, 0.2) is 47.3 Å². The fourth-order valence-electron chi connectivity index (χ4n) is 3.02. The lowest BCUT2D eigenvalue weighted by atomic mass is 10.1. The highest BCUT2D eigenvalue weighted by Crippen LogP contribution is 2.19. The van der Waals surface area contributed by atoms with E-state index in [1.165, 1.54) is 4.68 Å². The molecule has 1 N–H and O–H groups in total. The van der Waals surface area contributed by atoms with Gasteiger partial charge in [0.25, 0.3) is 11.5 Å². The molecule has 0 bridgehead atoms. The SMILES string of the molecule is CCCCCCn1nc(C(=O)Nc2cc(F)ccc2F)c2ccccc2c1=O. The number of anilines is 1. The fraction of sp³-hybridized carbons (Fsp3) is 0.286. The molecule has 0 aliphatic carbocycles. The van der Waals surface area contributed by atoms with Gasteiger partial charge in [0.05, 0.1) is 11.1 Å². The van der Waals surface area contributed by atoms with Gasteiger partial charge in [0, 0.05) is 18.0 Å². The summed E-state index contributed by atoms with van der Waals surface area (Å²) in [7, 11) is 0. The van der Waals surface area contributed by atoms with Crippen molar-refractivity contribution < 1.29 is 13.6 Å². The second kappa shape index (κ2) is 8.73. The smallest absolute Gasteiger partial charge is 0.276 e. The van der Waals surface area contributed by atoms with Gasteiger partial charge >= 0.3 is 0 Å². The molecular weight excluding hydrogens is 364 g/mol. The van der Waals surface area contributed by atoms with Crippen LogP contribution >= 0.6 is 0 Å². The van der Waals surface area contributed by atoms with E-state index in [-0.39, 0.29) is 16.9 Å². The number of hydrogen-bond donors (Lipinski definition) is 1. The van der Waals surface area contributed by atoms with Crippen LogP contribution < -0.4 is 10.9 Å². The second-order valence-corrected chi connectivity index (χ2v) is 6.56. The third-order valence-corrected chi connectivity index (χ3v) is 4.48. The number of benzene rings is 2. The zero-order valence-corrected chi connectivity index (χ0v) is 15.5. The number of amides is 1. The van der Waals surface area contributed by atoms with Crippen LogP contribution in [-0.2, 0) is 6.54 Å². The monoisotopic (exact) mass is 385 g/mol. The van der Waals surface area contributed by atoms with Gasteiger partial charge in [-0.25, -0.2) is 13.5 Å². The molecule has 0 unspecified atom stereocenters. The number of carbonyl (C=O) groups excluding carboxylic acids is 1. The van der Waals surface area contributed by atoms with Crippen molar-refractivity contribution >= 4 is 22.4 Å². The zero-order chi connectivity index (χ0) is 20.1. The first-order valence-electron chi connectivity index (χ1n) is 9.27. The van der Waals surface area contributed by atoms with Crippen LogP contribution in [-0.4, -0.2) is 15.7 Å². The van der Waals surface area contributed by atoms with Gasteiger partial charge in [0.1, 0.15) is 11.6 Å². The number of halogens is 2. The third kappa shape index (κ3) is 4.24. The van der Waals surface area contributed by atoms with Gasteiger partial charge in [0.2, 0.25) is 0 Å². The Balaban J connectivity index is 1.98. The van der Waals surface area contributed by atoms with E-state index >= 15 is 0 Å². The first-order valence-corrected chi connectivity index (χ1v) is 9.27. The molecule has 0 spiro atoms. The Morgan fingerprint density at radius 1 is 1.07 bits per heavy atom. The van der Waals surface area contributed by atoms with Gasteiger partial charge in [-0.3, -0.25) is 9.59 Å². The van der Waals surface area contributed by atoms with E-state index in [1.54, 1.807) is 24.3 Å². The van der Waals surface area contributed by atoms with Crippen LogP contribution in [0.25, 0.3) is 10.8 Å². The van der Waals surface area contributed by atoms with E-state index < -0.39 is 17.5 Å². The second-order valence-electron chi connectivity index (χ2n) is 6.56. The summed E-state index contributed by atoms with van der Waals surface area (Å²) in [4.78, 5) is 25.4.